The molecule has 0 aliphatic heterocycles. The molecule has 0 saturated carbocycles. The number of hydrogen-bond donors (Lipinski definition) is 0. The van der Waals surface area contributed by atoms with E-state index in [1.807, 2.05) is 12.1 Å². The van der Waals surface area contributed by atoms with Crippen LogP contribution in [0.2, 0.25) is 0 Å². The number of nitriles is 1. The van der Waals surface area contributed by atoms with Crippen LogP contribution in [0.1, 0.15) is 12.0 Å². The van der Waals surface area contributed by atoms with Crippen LogP contribution in [0.4, 0.5) is 10.2 Å². The number of aromatic nitrogens is 2. The highest BCUT2D eigenvalue weighted by Gasteiger charge is 2.14. The maximum absolute atomic E-state index is 14.0. The van der Waals surface area contributed by atoms with E-state index in [4.69, 9.17) is 5.26 Å². The van der Waals surface area contributed by atoms with Crippen molar-refractivity contribution in [3.05, 3.63) is 52.6 Å². The Morgan fingerprint density at radius 1 is 1.40 bits per heavy atom. The van der Waals surface area contributed by atoms with Gasteiger partial charge in [-0.1, -0.05) is 6.07 Å². The Morgan fingerprint density at radius 2 is 2.25 bits per heavy atom. The third kappa shape index (κ3) is 3.75. The van der Waals surface area contributed by atoms with E-state index in [1.54, 1.807) is 23.5 Å². The Morgan fingerprint density at radius 3 is 2.90 bits per heavy atom. The number of nitrogens with zero attached hydrogens (tertiary/aromatic N) is 4. The molecule has 0 amide bonds. The molecular formula is C14H12BrFN4. The predicted octanol–water partition coefficient (Wildman–Crippen LogP) is 3.30. The van der Waals surface area contributed by atoms with Gasteiger partial charge in [0.25, 0.3) is 0 Å². The molecule has 102 valence electrons. The van der Waals surface area contributed by atoms with Crippen LogP contribution in [-0.2, 0) is 6.54 Å². The van der Waals surface area contributed by atoms with Gasteiger partial charge in [-0.15, -0.1) is 0 Å². The monoisotopic (exact) mass is 334 g/mol. The predicted molar refractivity (Wildman–Crippen MR) is 77.4 cm³/mol. The van der Waals surface area contributed by atoms with Crippen molar-refractivity contribution >= 4 is 21.7 Å². The Balaban J connectivity index is 2.25. The van der Waals surface area contributed by atoms with Gasteiger partial charge in [-0.2, -0.15) is 5.26 Å². The summed E-state index contributed by atoms with van der Waals surface area (Å²) in [5.74, 6) is -0.173. The van der Waals surface area contributed by atoms with Crippen molar-refractivity contribution in [3.63, 3.8) is 0 Å². The third-order valence-corrected chi connectivity index (χ3v) is 3.11. The van der Waals surface area contributed by atoms with E-state index in [9.17, 15) is 4.39 Å². The zero-order chi connectivity index (χ0) is 14.4. The van der Waals surface area contributed by atoms with E-state index < -0.39 is 5.82 Å². The minimum absolute atomic E-state index is 0.243. The van der Waals surface area contributed by atoms with Crippen molar-refractivity contribution in [2.24, 2.45) is 0 Å². The first-order valence-electron chi connectivity index (χ1n) is 6.02. The minimum atomic E-state index is -0.416. The summed E-state index contributed by atoms with van der Waals surface area (Å²) in [6.45, 7) is 0.873. The van der Waals surface area contributed by atoms with Crippen LogP contribution in [0.5, 0.6) is 0 Å². The van der Waals surface area contributed by atoms with E-state index in [0.29, 0.717) is 24.0 Å². The van der Waals surface area contributed by atoms with E-state index in [1.165, 1.54) is 6.07 Å². The summed E-state index contributed by atoms with van der Waals surface area (Å²) in [7, 11) is 0. The molecule has 0 spiro atoms. The van der Waals surface area contributed by atoms with Gasteiger partial charge in [-0.25, -0.2) is 9.37 Å². The van der Waals surface area contributed by atoms with Crippen LogP contribution in [-0.4, -0.2) is 16.5 Å². The van der Waals surface area contributed by atoms with Crippen LogP contribution < -0.4 is 4.90 Å². The number of halogens is 2. The molecule has 0 aliphatic rings. The first-order valence-corrected chi connectivity index (χ1v) is 6.82. The van der Waals surface area contributed by atoms with E-state index in [2.05, 4.69) is 32.0 Å². The standard InChI is InChI=1S/C14H12BrFN4/c15-12-7-13(16)14(19-9-12)20(6-2-4-17)10-11-3-1-5-18-8-11/h1,3,5,7-9H,2,6,10H2. The lowest BCUT2D eigenvalue weighted by Gasteiger charge is -2.23. The SMILES string of the molecule is N#CCCN(Cc1cccnc1)c1ncc(Br)cc1F. The molecular weight excluding hydrogens is 323 g/mol. The lowest BCUT2D eigenvalue weighted by Crippen LogP contribution is -2.25. The Hall–Kier alpha value is -2.00. The van der Waals surface area contributed by atoms with Gasteiger partial charge in [0.1, 0.15) is 0 Å². The lowest BCUT2D eigenvalue weighted by atomic mass is 10.2. The van der Waals surface area contributed by atoms with Crippen molar-refractivity contribution < 1.29 is 4.39 Å². The maximum Gasteiger partial charge on any atom is 0.166 e. The molecule has 0 fully saturated rings. The van der Waals surface area contributed by atoms with E-state index >= 15 is 0 Å². The molecule has 2 rings (SSSR count). The molecule has 0 bridgehead atoms. The molecule has 0 saturated heterocycles. The van der Waals surface area contributed by atoms with Crippen molar-refractivity contribution in [1.29, 1.82) is 5.26 Å². The first kappa shape index (κ1) is 14.4. The third-order valence-electron chi connectivity index (χ3n) is 2.68. The fourth-order valence-corrected chi connectivity index (χ4v) is 2.10. The van der Waals surface area contributed by atoms with Gasteiger partial charge in [0, 0.05) is 36.2 Å². The van der Waals surface area contributed by atoms with Gasteiger partial charge in [0.05, 0.1) is 12.5 Å². The molecule has 2 aromatic rings. The van der Waals surface area contributed by atoms with Crippen molar-refractivity contribution in [1.82, 2.24) is 9.97 Å². The van der Waals surface area contributed by atoms with Crippen LogP contribution in [0, 0.1) is 17.1 Å². The number of anilines is 1. The second kappa shape index (κ2) is 6.96. The molecule has 0 unspecified atom stereocenters. The molecule has 0 radical (unpaired) electrons. The molecule has 6 heteroatoms. The second-order valence-electron chi connectivity index (χ2n) is 4.15. The maximum atomic E-state index is 14.0. The summed E-state index contributed by atoms with van der Waals surface area (Å²) in [6, 6.07) is 7.16. The molecule has 2 aromatic heterocycles. The highest BCUT2D eigenvalue weighted by atomic mass is 79.9. The topological polar surface area (TPSA) is 52.8 Å². The average Bonchev–Trinajstić information content (AvgIpc) is 2.45. The quantitative estimate of drug-likeness (QED) is 0.841. The Labute approximate surface area is 125 Å². The molecule has 0 N–H and O–H groups in total. The molecule has 4 nitrogen and oxygen atoms in total. The van der Waals surface area contributed by atoms with Crippen molar-refractivity contribution in [3.8, 4) is 6.07 Å². The number of hydrogen-bond acceptors (Lipinski definition) is 4. The number of pyridine rings is 2. The molecule has 0 aromatic carbocycles. The lowest BCUT2D eigenvalue weighted by molar-refractivity contribution is 0.606. The van der Waals surface area contributed by atoms with Gasteiger partial charge < -0.3 is 4.90 Å². The van der Waals surface area contributed by atoms with Gasteiger partial charge >= 0.3 is 0 Å². The first-order chi connectivity index (χ1) is 9.70. The van der Waals surface area contributed by atoms with Crippen LogP contribution in [0.25, 0.3) is 0 Å². The summed E-state index contributed by atoms with van der Waals surface area (Å²) in [4.78, 5) is 9.87. The van der Waals surface area contributed by atoms with Crippen LogP contribution >= 0.6 is 15.9 Å². The Kier molecular flexibility index (Phi) is 5.02. The van der Waals surface area contributed by atoms with Gasteiger partial charge in [-0.3, -0.25) is 4.98 Å². The summed E-state index contributed by atoms with van der Waals surface area (Å²) in [5, 5.41) is 8.73. The zero-order valence-electron chi connectivity index (χ0n) is 10.6. The van der Waals surface area contributed by atoms with Gasteiger partial charge in [0.15, 0.2) is 11.6 Å². The minimum Gasteiger partial charge on any atom is -0.349 e. The highest BCUT2D eigenvalue weighted by molar-refractivity contribution is 9.10. The number of rotatable bonds is 5. The second-order valence-corrected chi connectivity index (χ2v) is 5.07. The summed E-state index contributed by atoms with van der Waals surface area (Å²) in [6.07, 6.45) is 5.25. The zero-order valence-corrected chi connectivity index (χ0v) is 12.2. The van der Waals surface area contributed by atoms with Crippen LogP contribution in [0.15, 0.2) is 41.3 Å². The normalized spacial score (nSPS) is 10.1. The smallest absolute Gasteiger partial charge is 0.166 e. The van der Waals surface area contributed by atoms with Crippen LogP contribution in [0.3, 0.4) is 0 Å². The molecule has 0 aliphatic carbocycles. The summed E-state index contributed by atoms with van der Waals surface area (Å²) in [5.41, 5.74) is 0.939. The fraction of sp³-hybridized carbons (Fsp3) is 0.214. The average molecular weight is 335 g/mol. The van der Waals surface area contributed by atoms with Gasteiger partial charge in [0.2, 0.25) is 0 Å². The van der Waals surface area contributed by atoms with Gasteiger partial charge in [-0.05, 0) is 33.6 Å². The fourth-order valence-electron chi connectivity index (χ4n) is 1.80. The van der Waals surface area contributed by atoms with Crippen molar-refractivity contribution in [2.75, 3.05) is 11.4 Å². The summed E-state index contributed by atoms with van der Waals surface area (Å²) >= 11 is 3.18. The van der Waals surface area contributed by atoms with Crippen molar-refractivity contribution in [2.45, 2.75) is 13.0 Å². The molecule has 0 atom stereocenters. The molecule has 20 heavy (non-hydrogen) atoms. The summed E-state index contributed by atoms with van der Waals surface area (Å²) < 4.78 is 14.6. The van der Waals surface area contributed by atoms with E-state index in [-0.39, 0.29) is 5.82 Å². The van der Waals surface area contributed by atoms with E-state index in [0.717, 1.165) is 5.56 Å². The largest absolute Gasteiger partial charge is 0.349 e. The highest BCUT2D eigenvalue weighted by Crippen LogP contribution is 2.21. The molecule has 2 heterocycles. The Bertz CT molecular complexity index is 612.